The number of carbonyl (C=O) groups excluding carboxylic acids is 1. The zero-order valence-electron chi connectivity index (χ0n) is 13.8. The van der Waals surface area contributed by atoms with Crippen molar-refractivity contribution >= 4 is 17.7 Å². The second-order valence-electron chi connectivity index (χ2n) is 6.19. The van der Waals surface area contributed by atoms with Gasteiger partial charge in [0.25, 0.3) is 0 Å². The van der Waals surface area contributed by atoms with E-state index in [0.29, 0.717) is 6.54 Å². The van der Waals surface area contributed by atoms with E-state index >= 15 is 0 Å². The minimum Gasteiger partial charge on any atom is -0.351 e. The molecule has 0 radical (unpaired) electrons. The van der Waals surface area contributed by atoms with Crippen LogP contribution in [0.2, 0.25) is 0 Å². The van der Waals surface area contributed by atoms with Gasteiger partial charge >= 0.3 is 0 Å². The number of carbonyl (C=O) groups is 1. The molecule has 1 amide bonds. The van der Waals surface area contributed by atoms with Crippen molar-refractivity contribution in [2.24, 2.45) is 0 Å². The topological polar surface area (TPSA) is 46.9 Å². The molecule has 1 aromatic heterocycles. The van der Waals surface area contributed by atoms with Crippen LogP contribution in [0.25, 0.3) is 0 Å². The van der Waals surface area contributed by atoms with Gasteiger partial charge < -0.3 is 9.88 Å². The first-order chi connectivity index (χ1) is 12.3. The number of hydrogen-bond donors (Lipinski definition) is 1. The first-order valence-corrected chi connectivity index (χ1v) is 9.22. The molecule has 1 atom stereocenters. The Balaban J connectivity index is 1.30. The number of rotatable bonds is 5. The normalized spacial score (nSPS) is 15.8. The maximum Gasteiger partial charge on any atom is 0.234 e. The third-order valence-electron chi connectivity index (χ3n) is 4.35. The Morgan fingerprint density at radius 3 is 2.72 bits per heavy atom. The molecule has 25 heavy (non-hydrogen) atoms. The summed E-state index contributed by atoms with van der Waals surface area (Å²) in [6, 6.07) is 16.6. The van der Waals surface area contributed by atoms with Crippen molar-refractivity contribution in [1.29, 1.82) is 0 Å². The summed E-state index contributed by atoms with van der Waals surface area (Å²) >= 11 is 1.66. The van der Waals surface area contributed by atoms with Crippen LogP contribution in [-0.2, 0) is 24.3 Å². The minimum atomic E-state index is -0.0158. The maximum atomic E-state index is 12.4. The average Bonchev–Trinajstić information content (AvgIpc) is 3.30. The highest BCUT2D eigenvalue weighted by Crippen LogP contribution is 2.36. The number of fused-ring (bicyclic) bond motifs is 1. The van der Waals surface area contributed by atoms with Crippen LogP contribution >= 0.6 is 11.8 Å². The highest BCUT2D eigenvalue weighted by molar-refractivity contribution is 8.01. The summed E-state index contributed by atoms with van der Waals surface area (Å²) in [4.78, 5) is 17.7. The lowest BCUT2D eigenvalue weighted by Gasteiger charge is -2.10. The molecule has 1 aliphatic heterocycles. The summed E-state index contributed by atoms with van der Waals surface area (Å²) in [5, 5.41) is 3.05. The number of thioether (sulfide) groups is 1. The standard InChI is InChI=1S/C20H19N3OS/c24-20(19-11-17-3-1-2-4-18(17)25-19)22-12-15-5-7-16(8-6-15)13-23-10-9-21-14-23/h1-10,14,19H,11-13H2,(H,22,24). The smallest absolute Gasteiger partial charge is 0.234 e. The van der Waals surface area contributed by atoms with E-state index in [1.54, 1.807) is 18.0 Å². The number of amides is 1. The second-order valence-corrected chi connectivity index (χ2v) is 7.43. The fraction of sp³-hybridized carbons (Fsp3) is 0.200. The lowest BCUT2D eigenvalue weighted by Crippen LogP contribution is -2.31. The van der Waals surface area contributed by atoms with Gasteiger partial charge in [0.05, 0.1) is 11.6 Å². The van der Waals surface area contributed by atoms with Crippen molar-refractivity contribution in [2.75, 3.05) is 0 Å². The molecule has 1 unspecified atom stereocenters. The molecule has 0 saturated carbocycles. The summed E-state index contributed by atoms with van der Waals surface area (Å²) in [7, 11) is 0. The van der Waals surface area contributed by atoms with E-state index in [0.717, 1.165) is 18.5 Å². The van der Waals surface area contributed by atoms with Gasteiger partial charge in [-0.15, -0.1) is 11.8 Å². The first-order valence-electron chi connectivity index (χ1n) is 8.34. The van der Waals surface area contributed by atoms with E-state index in [1.807, 2.05) is 29.2 Å². The van der Waals surface area contributed by atoms with Crippen molar-refractivity contribution in [3.63, 3.8) is 0 Å². The van der Waals surface area contributed by atoms with E-state index in [2.05, 4.69) is 46.7 Å². The molecule has 4 rings (SSSR count). The molecule has 5 heteroatoms. The zero-order valence-corrected chi connectivity index (χ0v) is 14.6. The Morgan fingerprint density at radius 1 is 1.16 bits per heavy atom. The summed E-state index contributed by atoms with van der Waals surface area (Å²) < 4.78 is 2.03. The number of nitrogens with one attached hydrogen (secondary N) is 1. The highest BCUT2D eigenvalue weighted by atomic mass is 32.2. The molecule has 4 nitrogen and oxygen atoms in total. The highest BCUT2D eigenvalue weighted by Gasteiger charge is 2.27. The van der Waals surface area contributed by atoms with Gasteiger partial charge in [-0.3, -0.25) is 4.79 Å². The monoisotopic (exact) mass is 349 g/mol. The van der Waals surface area contributed by atoms with Crippen LogP contribution in [0, 0.1) is 0 Å². The predicted molar refractivity (Wildman–Crippen MR) is 99.4 cm³/mol. The average molecular weight is 349 g/mol. The van der Waals surface area contributed by atoms with E-state index in [-0.39, 0.29) is 11.2 Å². The van der Waals surface area contributed by atoms with Gasteiger partial charge in [-0.05, 0) is 29.2 Å². The van der Waals surface area contributed by atoms with Crippen molar-refractivity contribution in [3.8, 4) is 0 Å². The van der Waals surface area contributed by atoms with Crippen LogP contribution < -0.4 is 5.32 Å². The lowest BCUT2D eigenvalue weighted by atomic mass is 10.1. The van der Waals surface area contributed by atoms with Crippen LogP contribution in [0.5, 0.6) is 0 Å². The fourth-order valence-corrected chi connectivity index (χ4v) is 4.20. The van der Waals surface area contributed by atoms with Gasteiger partial charge in [0.15, 0.2) is 0 Å². The van der Waals surface area contributed by atoms with Crippen LogP contribution in [0.15, 0.2) is 72.1 Å². The molecule has 1 aliphatic rings. The van der Waals surface area contributed by atoms with E-state index in [4.69, 9.17) is 0 Å². The molecule has 2 aromatic carbocycles. The number of hydrogen-bond acceptors (Lipinski definition) is 3. The lowest BCUT2D eigenvalue weighted by molar-refractivity contribution is -0.120. The molecule has 3 aromatic rings. The Labute approximate surface area is 151 Å². The van der Waals surface area contributed by atoms with E-state index < -0.39 is 0 Å². The Hall–Kier alpha value is -2.53. The van der Waals surface area contributed by atoms with Crippen LogP contribution in [-0.4, -0.2) is 20.7 Å². The number of nitrogens with zero attached hydrogens (tertiary/aromatic N) is 2. The second kappa shape index (κ2) is 7.15. The van der Waals surface area contributed by atoms with E-state index in [1.165, 1.54) is 16.0 Å². The quantitative estimate of drug-likeness (QED) is 0.769. The summed E-state index contributed by atoms with van der Waals surface area (Å²) in [5.41, 5.74) is 3.61. The SMILES string of the molecule is O=C(NCc1ccc(Cn2ccnc2)cc1)C1Cc2ccccc2S1. The van der Waals surface area contributed by atoms with Crippen molar-refractivity contribution in [1.82, 2.24) is 14.9 Å². The maximum absolute atomic E-state index is 12.4. The van der Waals surface area contributed by atoms with Crippen molar-refractivity contribution in [3.05, 3.63) is 83.9 Å². The van der Waals surface area contributed by atoms with Gasteiger partial charge in [-0.1, -0.05) is 42.5 Å². The zero-order chi connectivity index (χ0) is 17.1. The molecule has 2 heterocycles. The Morgan fingerprint density at radius 2 is 1.96 bits per heavy atom. The Bertz CT molecular complexity index is 834. The number of imidazole rings is 1. The largest absolute Gasteiger partial charge is 0.351 e. The number of aromatic nitrogens is 2. The fourth-order valence-electron chi connectivity index (χ4n) is 2.98. The van der Waals surface area contributed by atoms with Gasteiger partial charge in [-0.2, -0.15) is 0 Å². The molecular formula is C20H19N3OS. The molecule has 1 N–H and O–H groups in total. The Kier molecular flexibility index (Phi) is 4.57. The van der Waals surface area contributed by atoms with E-state index in [9.17, 15) is 4.79 Å². The number of benzene rings is 2. The van der Waals surface area contributed by atoms with Gasteiger partial charge in [0.2, 0.25) is 5.91 Å². The van der Waals surface area contributed by atoms with Gasteiger partial charge in [0, 0.05) is 30.4 Å². The van der Waals surface area contributed by atoms with Crippen LogP contribution in [0.3, 0.4) is 0 Å². The molecule has 0 fully saturated rings. The molecule has 0 saturated heterocycles. The summed E-state index contributed by atoms with van der Waals surface area (Å²) in [5.74, 6) is 0.115. The summed E-state index contributed by atoms with van der Waals surface area (Å²) in [6.07, 6.45) is 6.36. The van der Waals surface area contributed by atoms with Crippen molar-refractivity contribution < 1.29 is 4.79 Å². The summed E-state index contributed by atoms with van der Waals surface area (Å²) in [6.45, 7) is 1.38. The molecule has 126 valence electrons. The molecule has 0 aliphatic carbocycles. The third-order valence-corrected chi connectivity index (χ3v) is 5.67. The molecule has 0 bridgehead atoms. The molecular weight excluding hydrogens is 330 g/mol. The first kappa shape index (κ1) is 16.0. The van der Waals surface area contributed by atoms with Gasteiger partial charge in [0.1, 0.15) is 0 Å². The predicted octanol–water partition coefficient (Wildman–Crippen LogP) is 3.26. The van der Waals surface area contributed by atoms with Crippen LogP contribution in [0.4, 0.5) is 0 Å². The molecule has 0 spiro atoms. The van der Waals surface area contributed by atoms with Crippen LogP contribution in [0.1, 0.15) is 16.7 Å². The third kappa shape index (κ3) is 3.77. The van der Waals surface area contributed by atoms with Crippen molar-refractivity contribution in [2.45, 2.75) is 29.7 Å². The van der Waals surface area contributed by atoms with Gasteiger partial charge in [-0.25, -0.2) is 4.98 Å². The minimum absolute atomic E-state index is 0.0158.